The van der Waals surface area contributed by atoms with Crippen LogP contribution in [0.2, 0.25) is 8.67 Å². The number of hydrogen-bond donors (Lipinski definition) is 1. The van der Waals surface area contributed by atoms with Gasteiger partial charge < -0.3 is 5.32 Å². The minimum absolute atomic E-state index is 0.172. The first-order chi connectivity index (χ1) is 9.01. The molecule has 6 heteroatoms. The molecule has 19 heavy (non-hydrogen) atoms. The van der Waals surface area contributed by atoms with E-state index in [0.29, 0.717) is 0 Å². The molecule has 2 heterocycles. The van der Waals surface area contributed by atoms with Gasteiger partial charge in [0.25, 0.3) is 0 Å². The minimum atomic E-state index is 0.172. The van der Waals surface area contributed by atoms with E-state index in [4.69, 9.17) is 23.2 Å². The zero-order valence-electron chi connectivity index (χ0n) is 11.1. The van der Waals surface area contributed by atoms with E-state index >= 15 is 0 Å². The third-order valence-corrected chi connectivity index (χ3v) is 5.57. The van der Waals surface area contributed by atoms with Crippen LogP contribution in [0.1, 0.15) is 34.1 Å². The summed E-state index contributed by atoms with van der Waals surface area (Å²) < 4.78 is 1.50. The molecule has 1 N–H and O–H groups in total. The van der Waals surface area contributed by atoms with Crippen molar-refractivity contribution in [2.75, 3.05) is 6.54 Å². The highest BCUT2D eigenvalue weighted by atomic mass is 35.5. The predicted molar refractivity (Wildman–Crippen MR) is 86.0 cm³/mol. The van der Waals surface area contributed by atoms with E-state index in [9.17, 15) is 0 Å². The predicted octanol–water partition coefficient (Wildman–Crippen LogP) is 5.02. The van der Waals surface area contributed by atoms with E-state index in [1.807, 2.05) is 13.0 Å². The van der Waals surface area contributed by atoms with Crippen molar-refractivity contribution in [1.82, 2.24) is 10.3 Å². The molecule has 0 aromatic carbocycles. The van der Waals surface area contributed by atoms with Crippen molar-refractivity contribution in [1.29, 1.82) is 0 Å². The Morgan fingerprint density at radius 1 is 1.32 bits per heavy atom. The van der Waals surface area contributed by atoms with E-state index in [-0.39, 0.29) is 6.04 Å². The van der Waals surface area contributed by atoms with Crippen LogP contribution in [0.4, 0.5) is 0 Å². The van der Waals surface area contributed by atoms with Gasteiger partial charge in [-0.3, -0.25) is 0 Å². The molecule has 1 atom stereocenters. The van der Waals surface area contributed by atoms with Crippen molar-refractivity contribution < 1.29 is 0 Å². The molecule has 2 rings (SSSR count). The lowest BCUT2D eigenvalue weighted by Crippen LogP contribution is -2.22. The number of aromatic nitrogens is 1. The van der Waals surface area contributed by atoms with Gasteiger partial charge in [0.1, 0.15) is 0 Å². The zero-order valence-corrected chi connectivity index (χ0v) is 14.2. The van der Waals surface area contributed by atoms with Crippen LogP contribution in [0, 0.1) is 13.8 Å². The Hall–Kier alpha value is -0.130. The van der Waals surface area contributed by atoms with Crippen molar-refractivity contribution in [3.05, 3.63) is 35.9 Å². The number of hydrogen-bond acceptors (Lipinski definition) is 4. The Balaban J connectivity index is 2.23. The monoisotopic (exact) mass is 334 g/mol. The van der Waals surface area contributed by atoms with Gasteiger partial charge in [-0.25, -0.2) is 4.98 Å². The lowest BCUT2D eigenvalue weighted by molar-refractivity contribution is 0.550. The molecule has 0 saturated heterocycles. The van der Waals surface area contributed by atoms with Crippen LogP contribution in [0.3, 0.4) is 0 Å². The van der Waals surface area contributed by atoms with E-state index in [1.165, 1.54) is 16.2 Å². The van der Waals surface area contributed by atoms with Crippen LogP contribution in [0.5, 0.6) is 0 Å². The van der Waals surface area contributed by atoms with Gasteiger partial charge in [0, 0.05) is 22.9 Å². The van der Waals surface area contributed by atoms with Gasteiger partial charge in [-0.15, -0.1) is 22.7 Å². The third-order valence-electron chi connectivity index (χ3n) is 2.96. The number of halogens is 2. The molecule has 2 nitrogen and oxygen atoms in total. The molecule has 0 aliphatic carbocycles. The molecule has 0 bridgehead atoms. The molecule has 2 aromatic heterocycles. The van der Waals surface area contributed by atoms with Gasteiger partial charge in [0.15, 0.2) is 0 Å². The first-order valence-corrected chi connectivity index (χ1v) is 8.51. The second kappa shape index (κ2) is 6.55. The van der Waals surface area contributed by atoms with Crippen molar-refractivity contribution in [2.45, 2.75) is 33.2 Å². The normalized spacial score (nSPS) is 12.9. The second-order valence-electron chi connectivity index (χ2n) is 4.34. The Morgan fingerprint density at radius 2 is 2.05 bits per heavy atom. The van der Waals surface area contributed by atoms with Gasteiger partial charge in [-0.1, -0.05) is 30.1 Å². The lowest BCUT2D eigenvalue weighted by atomic mass is 10.1. The molecule has 0 spiro atoms. The quantitative estimate of drug-likeness (QED) is 0.830. The molecule has 0 aliphatic heterocycles. The van der Waals surface area contributed by atoms with Crippen LogP contribution < -0.4 is 5.32 Å². The summed E-state index contributed by atoms with van der Waals surface area (Å²) in [6.45, 7) is 7.13. The molecular formula is C13H16Cl2N2S2. The highest BCUT2D eigenvalue weighted by molar-refractivity contribution is 7.20. The van der Waals surface area contributed by atoms with Gasteiger partial charge in [0.2, 0.25) is 0 Å². The summed E-state index contributed by atoms with van der Waals surface area (Å²) in [6.07, 6.45) is 0.847. The number of thiazole rings is 1. The van der Waals surface area contributed by atoms with Gasteiger partial charge >= 0.3 is 0 Å². The average molecular weight is 335 g/mol. The van der Waals surface area contributed by atoms with Crippen molar-refractivity contribution in [2.24, 2.45) is 0 Å². The lowest BCUT2D eigenvalue weighted by Gasteiger charge is -2.16. The summed E-state index contributed by atoms with van der Waals surface area (Å²) in [5, 5.41) is 4.60. The SMILES string of the molecule is CCNC(Cc1nc(C)c(C)s1)c1cc(Cl)sc1Cl. The van der Waals surface area contributed by atoms with Gasteiger partial charge in [-0.2, -0.15) is 0 Å². The maximum Gasteiger partial charge on any atom is 0.0992 e. The number of nitrogens with one attached hydrogen (secondary N) is 1. The number of nitrogens with zero attached hydrogens (tertiary/aromatic N) is 1. The first-order valence-electron chi connectivity index (χ1n) is 6.12. The zero-order chi connectivity index (χ0) is 14.0. The molecule has 104 valence electrons. The van der Waals surface area contributed by atoms with Gasteiger partial charge in [-0.05, 0) is 26.5 Å². The number of rotatable bonds is 5. The fourth-order valence-electron chi connectivity index (χ4n) is 1.93. The van der Waals surface area contributed by atoms with Crippen molar-refractivity contribution in [3.8, 4) is 0 Å². The summed E-state index contributed by atoms with van der Waals surface area (Å²) in [6, 6.07) is 2.13. The molecule has 0 saturated carbocycles. The molecule has 0 fully saturated rings. The maximum atomic E-state index is 6.26. The fraction of sp³-hybridized carbons (Fsp3) is 0.462. The number of aryl methyl sites for hydroxylation is 2. The van der Waals surface area contributed by atoms with E-state index in [2.05, 4.69) is 24.1 Å². The van der Waals surface area contributed by atoms with Crippen molar-refractivity contribution >= 4 is 45.9 Å². The highest BCUT2D eigenvalue weighted by Crippen LogP contribution is 2.36. The van der Waals surface area contributed by atoms with Crippen LogP contribution in [-0.2, 0) is 6.42 Å². The second-order valence-corrected chi connectivity index (χ2v) is 7.92. The molecule has 1 unspecified atom stereocenters. The highest BCUT2D eigenvalue weighted by Gasteiger charge is 2.19. The van der Waals surface area contributed by atoms with E-state index in [0.717, 1.165) is 37.9 Å². The maximum absolute atomic E-state index is 6.26. The van der Waals surface area contributed by atoms with Crippen LogP contribution in [-0.4, -0.2) is 11.5 Å². The average Bonchev–Trinajstić information content (AvgIpc) is 2.82. The summed E-state index contributed by atoms with van der Waals surface area (Å²) in [7, 11) is 0. The third kappa shape index (κ3) is 3.70. The molecule has 0 radical (unpaired) electrons. The Kier molecular flexibility index (Phi) is 5.26. The van der Waals surface area contributed by atoms with E-state index < -0.39 is 0 Å². The van der Waals surface area contributed by atoms with E-state index in [1.54, 1.807) is 11.3 Å². The Labute approximate surface area is 131 Å². The smallest absolute Gasteiger partial charge is 0.0992 e. The molecule has 2 aromatic rings. The molecular weight excluding hydrogens is 319 g/mol. The molecule has 0 aliphatic rings. The Morgan fingerprint density at radius 3 is 2.53 bits per heavy atom. The van der Waals surface area contributed by atoms with Crippen LogP contribution in [0.25, 0.3) is 0 Å². The summed E-state index contributed by atoms with van der Waals surface area (Å²) in [4.78, 5) is 5.88. The van der Waals surface area contributed by atoms with Crippen LogP contribution >= 0.6 is 45.9 Å². The first kappa shape index (κ1) is 15.3. The molecule has 0 amide bonds. The Bertz CT molecular complexity index is 543. The summed E-state index contributed by atoms with van der Waals surface area (Å²) in [5.41, 5.74) is 2.19. The minimum Gasteiger partial charge on any atom is -0.310 e. The van der Waals surface area contributed by atoms with Crippen LogP contribution in [0.15, 0.2) is 6.07 Å². The van der Waals surface area contributed by atoms with Gasteiger partial charge in [0.05, 0.1) is 19.4 Å². The standard InChI is InChI=1S/C13H16Cl2N2S2/c1-4-16-10(9-5-11(14)19-13(9)15)6-12-17-7(2)8(3)18-12/h5,10,16H,4,6H2,1-3H3. The summed E-state index contributed by atoms with van der Waals surface area (Å²) >= 11 is 15.5. The fourth-order valence-corrected chi connectivity index (χ4v) is 4.49. The number of likely N-dealkylation sites (N-methyl/N-ethyl adjacent to an activating group) is 1. The largest absolute Gasteiger partial charge is 0.310 e. The van der Waals surface area contributed by atoms with Crippen molar-refractivity contribution in [3.63, 3.8) is 0 Å². The topological polar surface area (TPSA) is 24.9 Å². The number of thiophene rings is 1. The summed E-state index contributed by atoms with van der Waals surface area (Å²) in [5.74, 6) is 0.